The van der Waals surface area contributed by atoms with Crippen LogP contribution in [0.3, 0.4) is 0 Å². The van der Waals surface area contributed by atoms with E-state index in [0.29, 0.717) is 17.9 Å². The van der Waals surface area contributed by atoms with E-state index in [1.807, 2.05) is 31.2 Å². The Kier molecular flexibility index (Phi) is 5.43. The van der Waals surface area contributed by atoms with Gasteiger partial charge in [-0.2, -0.15) is 8.42 Å². The molecule has 3 aromatic carbocycles. The Bertz CT molecular complexity index is 1180. The zero-order valence-electron chi connectivity index (χ0n) is 17.7. The van der Waals surface area contributed by atoms with Crippen molar-refractivity contribution in [2.75, 3.05) is 7.11 Å². The predicted molar refractivity (Wildman–Crippen MR) is 118 cm³/mol. The fourth-order valence-electron chi connectivity index (χ4n) is 3.96. The maximum Gasteiger partial charge on any atom is 0.297 e. The maximum absolute atomic E-state index is 12.5. The van der Waals surface area contributed by atoms with Crippen molar-refractivity contribution in [1.29, 1.82) is 0 Å². The van der Waals surface area contributed by atoms with Crippen molar-refractivity contribution in [1.82, 2.24) is 0 Å². The Morgan fingerprint density at radius 1 is 1.03 bits per heavy atom. The summed E-state index contributed by atoms with van der Waals surface area (Å²) in [7, 11) is -2.65. The van der Waals surface area contributed by atoms with E-state index in [1.54, 1.807) is 12.1 Å². The summed E-state index contributed by atoms with van der Waals surface area (Å²) < 4.78 is 36.3. The van der Waals surface area contributed by atoms with Crippen LogP contribution in [-0.2, 0) is 20.7 Å². The monoisotopic (exact) mass is 422 g/mol. The molecule has 0 N–H and O–H groups in total. The van der Waals surface area contributed by atoms with E-state index in [9.17, 15) is 8.42 Å². The van der Waals surface area contributed by atoms with Gasteiger partial charge in [-0.3, -0.25) is 4.18 Å². The zero-order valence-corrected chi connectivity index (χ0v) is 18.5. The molecule has 0 saturated carbocycles. The van der Waals surface area contributed by atoms with Gasteiger partial charge in [-0.25, -0.2) is 0 Å². The number of fused-ring (bicyclic) bond motifs is 1. The molecule has 1 unspecified atom stereocenters. The molecule has 0 aromatic heterocycles. The van der Waals surface area contributed by atoms with Gasteiger partial charge in [0.1, 0.15) is 16.7 Å². The third-order valence-electron chi connectivity index (χ3n) is 5.61. The van der Waals surface area contributed by atoms with Crippen LogP contribution >= 0.6 is 0 Å². The molecular weight excluding hydrogens is 396 g/mol. The zero-order chi connectivity index (χ0) is 21.5. The molecule has 1 aliphatic rings. The van der Waals surface area contributed by atoms with Crippen LogP contribution in [0.5, 0.6) is 5.75 Å². The topological polar surface area (TPSA) is 52.6 Å². The first-order chi connectivity index (χ1) is 14.3. The molecule has 0 aliphatic carbocycles. The molecule has 1 heterocycles. The molecule has 0 spiro atoms. The molecule has 0 amide bonds. The minimum Gasteiger partial charge on any atom is -0.484 e. The average Bonchev–Trinajstić information content (AvgIpc) is 3.17. The number of benzene rings is 3. The summed E-state index contributed by atoms with van der Waals surface area (Å²) in [5.41, 5.74) is 6.09. The van der Waals surface area contributed by atoms with E-state index >= 15 is 0 Å². The number of ether oxygens (including phenoxy) is 1. The normalized spacial score (nSPS) is 15.8. The highest BCUT2D eigenvalue weighted by Crippen LogP contribution is 2.46. The fraction of sp³-hybridized carbons (Fsp3) is 0.280. The van der Waals surface area contributed by atoms with Crippen molar-refractivity contribution in [3.05, 3.63) is 82.9 Å². The summed E-state index contributed by atoms with van der Waals surface area (Å²) in [5, 5.41) is 0. The van der Waals surface area contributed by atoms with Crippen LogP contribution in [0, 0.1) is 6.92 Å². The highest BCUT2D eigenvalue weighted by atomic mass is 32.2. The smallest absolute Gasteiger partial charge is 0.297 e. The molecule has 4 rings (SSSR count). The third kappa shape index (κ3) is 3.75. The van der Waals surface area contributed by atoms with Gasteiger partial charge >= 0.3 is 0 Å². The first-order valence-corrected chi connectivity index (χ1v) is 11.5. The van der Waals surface area contributed by atoms with Crippen LogP contribution in [0.4, 0.5) is 0 Å². The number of hydrogen-bond donors (Lipinski definition) is 0. The second-order valence-corrected chi connectivity index (χ2v) is 9.73. The number of hydrogen-bond acceptors (Lipinski definition) is 4. The molecule has 30 heavy (non-hydrogen) atoms. The van der Waals surface area contributed by atoms with Gasteiger partial charge in [0.2, 0.25) is 0 Å². The quantitative estimate of drug-likeness (QED) is 0.488. The Labute approximate surface area is 178 Å². The Morgan fingerprint density at radius 2 is 1.77 bits per heavy atom. The second kappa shape index (κ2) is 7.89. The second-order valence-electron chi connectivity index (χ2n) is 8.05. The molecule has 1 atom stereocenters. The van der Waals surface area contributed by atoms with Crippen molar-refractivity contribution >= 4 is 10.1 Å². The lowest BCUT2D eigenvalue weighted by Gasteiger charge is -2.17. The van der Waals surface area contributed by atoms with E-state index in [-0.39, 0.29) is 11.0 Å². The minimum atomic E-state index is -3.83. The molecule has 0 fully saturated rings. The van der Waals surface area contributed by atoms with E-state index in [2.05, 4.69) is 38.1 Å². The van der Waals surface area contributed by atoms with Gasteiger partial charge in [0.25, 0.3) is 10.1 Å². The molecule has 0 bridgehead atoms. The first kappa shape index (κ1) is 20.6. The lowest BCUT2D eigenvalue weighted by Crippen LogP contribution is -2.12. The molecular formula is C25H26O4S. The van der Waals surface area contributed by atoms with E-state index in [4.69, 9.17) is 8.92 Å². The van der Waals surface area contributed by atoms with Gasteiger partial charge in [-0.15, -0.1) is 0 Å². The van der Waals surface area contributed by atoms with E-state index < -0.39 is 10.1 Å². The molecule has 3 aromatic rings. The fourth-order valence-corrected chi connectivity index (χ4v) is 4.86. The number of rotatable bonds is 5. The standard InChI is InChI=1S/C25H26O4S/c1-16(2)19-13-20-15-23(22-12-17(3)10-11-24(22)30(26,27)28-4)29-25(20)21(14-19)18-8-6-5-7-9-18/h5-14,16,23H,15H2,1-4H3. The molecule has 4 nitrogen and oxygen atoms in total. The molecule has 5 heteroatoms. The van der Waals surface area contributed by atoms with Crippen molar-refractivity contribution in [3.8, 4) is 16.9 Å². The summed E-state index contributed by atoms with van der Waals surface area (Å²) in [5.74, 6) is 1.21. The van der Waals surface area contributed by atoms with Crippen LogP contribution < -0.4 is 4.74 Å². The van der Waals surface area contributed by atoms with E-state index in [1.165, 1.54) is 12.7 Å². The summed E-state index contributed by atoms with van der Waals surface area (Å²) in [6.07, 6.45) is 0.232. The van der Waals surface area contributed by atoms with Crippen molar-refractivity contribution in [2.24, 2.45) is 0 Å². The van der Waals surface area contributed by atoms with Gasteiger partial charge in [0, 0.05) is 17.5 Å². The minimum absolute atomic E-state index is 0.166. The Morgan fingerprint density at radius 3 is 2.43 bits per heavy atom. The molecule has 156 valence electrons. The van der Waals surface area contributed by atoms with Crippen molar-refractivity contribution in [3.63, 3.8) is 0 Å². The lowest BCUT2D eigenvalue weighted by atomic mass is 9.92. The van der Waals surface area contributed by atoms with Crippen molar-refractivity contribution in [2.45, 2.75) is 44.1 Å². The third-order valence-corrected chi connectivity index (χ3v) is 6.96. The van der Waals surface area contributed by atoms with Gasteiger partial charge in [0.05, 0.1) is 7.11 Å². The van der Waals surface area contributed by atoms with Gasteiger partial charge in [-0.1, -0.05) is 67.9 Å². The Hall–Kier alpha value is -2.63. The van der Waals surface area contributed by atoms with Gasteiger partial charge in [0.15, 0.2) is 0 Å². The average molecular weight is 423 g/mol. The number of aryl methyl sites for hydroxylation is 1. The predicted octanol–water partition coefficient (Wildman–Crippen LogP) is 5.80. The summed E-state index contributed by atoms with van der Waals surface area (Å²) in [6.45, 7) is 6.29. The van der Waals surface area contributed by atoms with Crippen LogP contribution in [-0.4, -0.2) is 15.5 Å². The largest absolute Gasteiger partial charge is 0.484 e. The lowest BCUT2D eigenvalue weighted by molar-refractivity contribution is 0.235. The van der Waals surface area contributed by atoms with Crippen LogP contribution in [0.25, 0.3) is 11.1 Å². The highest BCUT2D eigenvalue weighted by molar-refractivity contribution is 7.86. The van der Waals surface area contributed by atoms with E-state index in [0.717, 1.165) is 28.0 Å². The molecule has 1 aliphatic heterocycles. The van der Waals surface area contributed by atoms with Crippen molar-refractivity contribution < 1.29 is 17.3 Å². The Balaban J connectivity index is 1.84. The summed E-state index contributed by atoms with van der Waals surface area (Å²) in [4.78, 5) is 0.166. The molecule has 0 radical (unpaired) electrons. The maximum atomic E-state index is 12.5. The van der Waals surface area contributed by atoms with Gasteiger partial charge in [-0.05, 0) is 41.7 Å². The first-order valence-electron chi connectivity index (χ1n) is 10.1. The van der Waals surface area contributed by atoms with Crippen LogP contribution in [0.2, 0.25) is 0 Å². The van der Waals surface area contributed by atoms with Crippen LogP contribution in [0.1, 0.15) is 48.1 Å². The highest BCUT2D eigenvalue weighted by Gasteiger charge is 2.32. The van der Waals surface area contributed by atoms with Crippen LogP contribution in [0.15, 0.2) is 65.6 Å². The summed E-state index contributed by atoms with van der Waals surface area (Å²) in [6, 6.07) is 19.8. The van der Waals surface area contributed by atoms with Gasteiger partial charge < -0.3 is 4.74 Å². The SMILES string of the molecule is COS(=O)(=O)c1ccc(C)cc1C1Cc2cc(C(C)C)cc(-c3ccccc3)c2O1. The summed E-state index contributed by atoms with van der Waals surface area (Å²) >= 11 is 0. The molecule has 0 saturated heterocycles.